The zero-order chi connectivity index (χ0) is 10.9. The van der Waals surface area contributed by atoms with Crippen LogP contribution in [0.4, 0.5) is 14.6 Å². The summed E-state index contributed by atoms with van der Waals surface area (Å²) < 4.78 is 24.9. The number of pyridine rings is 1. The quantitative estimate of drug-likeness (QED) is 0.791. The van der Waals surface area contributed by atoms with Crippen LogP contribution in [-0.4, -0.2) is 10.9 Å². The summed E-state index contributed by atoms with van der Waals surface area (Å²) in [6.07, 6.45) is -2.04. The molecule has 1 aromatic heterocycles. The van der Waals surface area contributed by atoms with E-state index in [9.17, 15) is 13.6 Å². The lowest BCUT2D eigenvalue weighted by atomic mass is 10.1. The maximum absolute atomic E-state index is 12.5. The van der Waals surface area contributed by atoms with Crippen molar-refractivity contribution in [2.45, 2.75) is 6.43 Å². The molecular weight excluding hydrogens is 216 g/mol. The van der Waals surface area contributed by atoms with Crippen molar-refractivity contribution in [2.24, 2.45) is 5.73 Å². The van der Waals surface area contributed by atoms with Gasteiger partial charge < -0.3 is 11.5 Å². The van der Waals surface area contributed by atoms with Crippen LogP contribution in [0, 0.1) is 0 Å². The normalized spacial score (nSPS) is 10.6. The van der Waals surface area contributed by atoms with Crippen molar-refractivity contribution >= 4 is 23.3 Å². The first-order valence-electron chi connectivity index (χ1n) is 3.47. The van der Waals surface area contributed by atoms with Crippen molar-refractivity contribution in [2.75, 3.05) is 5.73 Å². The number of hydrogen-bond donors (Lipinski definition) is 2. The monoisotopic (exact) mass is 221 g/mol. The Balaban J connectivity index is 3.45. The zero-order valence-electron chi connectivity index (χ0n) is 6.80. The molecule has 0 bridgehead atoms. The Morgan fingerprint density at radius 3 is 2.57 bits per heavy atom. The molecule has 0 fully saturated rings. The molecule has 0 saturated carbocycles. The molecule has 4 nitrogen and oxygen atoms in total. The highest BCUT2D eigenvalue weighted by molar-refractivity contribution is 6.34. The minimum atomic E-state index is -2.92. The molecule has 0 aliphatic rings. The summed E-state index contributed by atoms with van der Waals surface area (Å²) >= 11 is 5.46. The maximum atomic E-state index is 12.5. The third-order valence-electron chi connectivity index (χ3n) is 1.57. The Hall–Kier alpha value is -1.43. The predicted molar refractivity (Wildman–Crippen MR) is 47.1 cm³/mol. The van der Waals surface area contributed by atoms with E-state index in [1.807, 2.05) is 0 Å². The SMILES string of the molecule is NC(=O)c1cnc(N)c(Cl)c1C(F)F. The topological polar surface area (TPSA) is 82.0 Å². The van der Waals surface area contributed by atoms with Crippen LogP contribution < -0.4 is 11.5 Å². The summed E-state index contributed by atoms with van der Waals surface area (Å²) in [4.78, 5) is 14.2. The third-order valence-corrected chi connectivity index (χ3v) is 1.97. The summed E-state index contributed by atoms with van der Waals surface area (Å²) in [5, 5.41) is -0.434. The van der Waals surface area contributed by atoms with Crippen LogP contribution in [0.5, 0.6) is 0 Å². The molecule has 0 atom stereocenters. The standard InChI is InChI=1S/C7H6ClF2N3O/c8-4-3(5(9)10)2(7(12)14)1-13-6(4)11/h1,5H,(H2,11,13)(H2,12,14). The van der Waals surface area contributed by atoms with E-state index in [-0.39, 0.29) is 5.82 Å². The van der Waals surface area contributed by atoms with Crippen molar-refractivity contribution in [3.63, 3.8) is 0 Å². The lowest BCUT2D eigenvalue weighted by Gasteiger charge is -2.08. The molecular formula is C7H6ClF2N3O. The number of aromatic nitrogens is 1. The van der Waals surface area contributed by atoms with Crippen LogP contribution in [-0.2, 0) is 0 Å². The van der Waals surface area contributed by atoms with E-state index in [4.69, 9.17) is 23.1 Å². The van der Waals surface area contributed by atoms with Crippen LogP contribution in [0.3, 0.4) is 0 Å². The van der Waals surface area contributed by atoms with E-state index < -0.39 is 28.5 Å². The van der Waals surface area contributed by atoms with Gasteiger partial charge >= 0.3 is 0 Å². The first-order chi connectivity index (χ1) is 6.45. The van der Waals surface area contributed by atoms with Crippen molar-refractivity contribution in [1.82, 2.24) is 4.98 Å². The molecule has 1 rings (SSSR count). The van der Waals surface area contributed by atoms with Gasteiger partial charge in [0.15, 0.2) is 0 Å². The van der Waals surface area contributed by atoms with E-state index in [2.05, 4.69) is 4.98 Å². The molecule has 0 aromatic carbocycles. The van der Waals surface area contributed by atoms with Crippen LogP contribution in [0.15, 0.2) is 6.20 Å². The number of nitrogens with two attached hydrogens (primary N) is 2. The van der Waals surface area contributed by atoms with E-state index >= 15 is 0 Å². The number of primary amides is 1. The van der Waals surface area contributed by atoms with E-state index in [1.54, 1.807) is 0 Å². The number of rotatable bonds is 2. The molecule has 0 radical (unpaired) electrons. The maximum Gasteiger partial charge on any atom is 0.266 e. The zero-order valence-corrected chi connectivity index (χ0v) is 7.55. The largest absolute Gasteiger partial charge is 0.382 e. The summed E-state index contributed by atoms with van der Waals surface area (Å²) in [6, 6.07) is 0. The van der Waals surface area contributed by atoms with E-state index in [0.717, 1.165) is 6.20 Å². The van der Waals surface area contributed by atoms with Gasteiger partial charge in [0, 0.05) is 6.20 Å². The molecule has 1 amide bonds. The van der Waals surface area contributed by atoms with Crippen LogP contribution in [0.2, 0.25) is 5.02 Å². The van der Waals surface area contributed by atoms with Gasteiger partial charge in [-0.2, -0.15) is 0 Å². The Bertz CT molecular complexity index is 383. The minimum Gasteiger partial charge on any atom is -0.382 e. The lowest BCUT2D eigenvalue weighted by Crippen LogP contribution is -2.15. The minimum absolute atomic E-state index is 0.257. The molecule has 1 aromatic rings. The smallest absolute Gasteiger partial charge is 0.266 e. The highest BCUT2D eigenvalue weighted by Crippen LogP contribution is 2.32. The number of nitrogen functional groups attached to an aromatic ring is 1. The first-order valence-corrected chi connectivity index (χ1v) is 3.84. The number of carbonyl (C=O) groups is 1. The van der Waals surface area contributed by atoms with Gasteiger partial charge in [0.1, 0.15) is 5.82 Å². The fourth-order valence-corrected chi connectivity index (χ4v) is 1.16. The molecule has 4 N–H and O–H groups in total. The molecule has 0 saturated heterocycles. The van der Waals surface area contributed by atoms with Gasteiger partial charge in [-0.3, -0.25) is 4.79 Å². The van der Waals surface area contributed by atoms with E-state index in [0.29, 0.717) is 0 Å². The molecule has 0 spiro atoms. The van der Waals surface area contributed by atoms with Gasteiger partial charge in [-0.1, -0.05) is 11.6 Å². The fraction of sp³-hybridized carbons (Fsp3) is 0.143. The second-order valence-corrected chi connectivity index (χ2v) is 2.83. The van der Waals surface area contributed by atoms with Gasteiger partial charge in [-0.15, -0.1) is 0 Å². The van der Waals surface area contributed by atoms with Crippen molar-refractivity contribution in [1.29, 1.82) is 0 Å². The van der Waals surface area contributed by atoms with Crippen molar-refractivity contribution in [3.8, 4) is 0 Å². The van der Waals surface area contributed by atoms with Crippen molar-refractivity contribution in [3.05, 3.63) is 22.3 Å². The second kappa shape index (κ2) is 3.75. The van der Waals surface area contributed by atoms with E-state index in [1.165, 1.54) is 0 Å². The molecule has 0 aliphatic heterocycles. The molecule has 0 unspecified atom stereocenters. The number of nitrogens with zero attached hydrogens (tertiary/aromatic N) is 1. The predicted octanol–water partition coefficient (Wildman–Crippen LogP) is 1.35. The fourth-order valence-electron chi connectivity index (χ4n) is 0.926. The van der Waals surface area contributed by atoms with Crippen LogP contribution in [0.25, 0.3) is 0 Å². The average Bonchev–Trinajstić information content (AvgIpc) is 2.08. The van der Waals surface area contributed by atoms with Gasteiger partial charge in [-0.05, 0) is 0 Å². The summed E-state index contributed by atoms with van der Waals surface area (Å²) in [5.74, 6) is -1.28. The van der Waals surface area contributed by atoms with Gasteiger partial charge in [0.05, 0.1) is 16.1 Å². The Labute approximate surface area is 82.9 Å². The number of halogens is 3. The second-order valence-electron chi connectivity index (χ2n) is 2.45. The summed E-state index contributed by atoms with van der Waals surface area (Å²) in [5.41, 5.74) is 8.97. The first kappa shape index (κ1) is 10.6. The van der Waals surface area contributed by atoms with Gasteiger partial charge in [0.25, 0.3) is 12.3 Å². The van der Waals surface area contributed by atoms with Crippen LogP contribution >= 0.6 is 11.6 Å². The number of alkyl halides is 2. The molecule has 14 heavy (non-hydrogen) atoms. The Morgan fingerprint density at radius 2 is 2.14 bits per heavy atom. The Kier molecular flexibility index (Phi) is 2.85. The molecule has 7 heteroatoms. The van der Waals surface area contributed by atoms with Crippen molar-refractivity contribution < 1.29 is 13.6 Å². The number of carbonyl (C=O) groups excluding carboxylic acids is 1. The molecule has 0 aliphatic carbocycles. The van der Waals surface area contributed by atoms with Crippen LogP contribution in [0.1, 0.15) is 22.3 Å². The highest BCUT2D eigenvalue weighted by atomic mass is 35.5. The number of anilines is 1. The summed E-state index contributed by atoms with van der Waals surface area (Å²) in [6.45, 7) is 0. The Morgan fingerprint density at radius 1 is 1.57 bits per heavy atom. The molecule has 76 valence electrons. The number of hydrogen-bond acceptors (Lipinski definition) is 3. The van der Waals surface area contributed by atoms with Gasteiger partial charge in [0.2, 0.25) is 0 Å². The van der Waals surface area contributed by atoms with Gasteiger partial charge in [-0.25, -0.2) is 13.8 Å². The lowest BCUT2D eigenvalue weighted by molar-refractivity contribution is 0.0986. The highest BCUT2D eigenvalue weighted by Gasteiger charge is 2.22. The third kappa shape index (κ3) is 1.74. The number of amides is 1. The summed E-state index contributed by atoms with van der Waals surface area (Å²) in [7, 11) is 0. The average molecular weight is 222 g/mol. The molecule has 1 heterocycles.